The lowest BCUT2D eigenvalue weighted by Gasteiger charge is -2.15. The molecular formula is C11H14N6O3. The van der Waals surface area contributed by atoms with Gasteiger partial charge >= 0.3 is 5.97 Å². The predicted octanol–water partition coefficient (Wildman–Crippen LogP) is -0.632. The van der Waals surface area contributed by atoms with Crippen LogP contribution < -0.4 is 0 Å². The molecule has 1 amide bonds. The van der Waals surface area contributed by atoms with Gasteiger partial charge in [-0.05, 0) is 0 Å². The maximum atomic E-state index is 12.0. The molecular weight excluding hydrogens is 264 g/mol. The van der Waals surface area contributed by atoms with E-state index in [1.165, 1.54) is 15.8 Å². The SMILES string of the molecule is CN(Cc1cnn(C)c1)C(=O)Cn1cc(C(=O)O)nn1. The van der Waals surface area contributed by atoms with Crippen molar-refractivity contribution in [1.29, 1.82) is 0 Å². The van der Waals surface area contributed by atoms with Crippen molar-refractivity contribution in [2.24, 2.45) is 7.05 Å². The van der Waals surface area contributed by atoms with Crippen molar-refractivity contribution >= 4 is 11.9 Å². The van der Waals surface area contributed by atoms with Gasteiger partial charge in [0.15, 0.2) is 5.69 Å². The van der Waals surface area contributed by atoms with Crippen molar-refractivity contribution in [1.82, 2.24) is 29.7 Å². The summed E-state index contributed by atoms with van der Waals surface area (Å²) in [6.07, 6.45) is 4.72. The fraction of sp³-hybridized carbons (Fsp3) is 0.364. The molecule has 0 unspecified atom stereocenters. The van der Waals surface area contributed by atoms with Gasteiger partial charge in [0.1, 0.15) is 6.54 Å². The quantitative estimate of drug-likeness (QED) is 0.780. The molecule has 0 aliphatic carbocycles. The van der Waals surface area contributed by atoms with Crippen LogP contribution in [-0.2, 0) is 24.9 Å². The van der Waals surface area contributed by atoms with Crippen LogP contribution in [0, 0.1) is 0 Å². The fourth-order valence-electron chi connectivity index (χ4n) is 1.65. The highest BCUT2D eigenvalue weighted by molar-refractivity contribution is 5.84. The summed E-state index contributed by atoms with van der Waals surface area (Å²) in [6.45, 7) is 0.365. The minimum Gasteiger partial charge on any atom is -0.476 e. The molecule has 0 bridgehead atoms. The second kappa shape index (κ2) is 5.51. The van der Waals surface area contributed by atoms with Crippen molar-refractivity contribution in [3.05, 3.63) is 29.8 Å². The van der Waals surface area contributed by atoms with Gasteiger partial charge in [0.2, 0.25) is 5.91 Å². The summed E-state index contributed by atoms with van der Waals surface area (Å²) >= 11 is 0. The number of hydrogen-bond acceptors (Lipinski definition) is 5. The lowest BCUT2D eigenvalue weighted by molar-refractivity contribution is -0.131. The number of aromatic nitrogens is 5. The summed E-state index contributed by atoms with van der Waals surface area (Å²) in [5.41, 5.74) is 0.723. The molecule has 2 aromatic heterocycles. The zero-order valence-corrected chi connectivity index (χ0v) is 11.1. The van der Waals surface area contributed by atoms with Crippen molar-refractivity contribution in [3.63, 3.8) is 0 Å². The molecule has 0 aliphatic rings. The molecule has 106 valence electrons. The van der Waals surface area contributed by atoms with Gasteiger partial charge in [-0.3, -0.25) is 9.48 Å². The van der Waals surface area contributed by atoms with Gasteiger partial charge in [-0.2, -0.15) is 5.10 Å². The Morgan fingerprint density at radius 1 is 1.40 bits per heavy atom. The van der Waals surface area contributed by atoms with E-state index < -0.39 is 5.97 Å². The van der Waals surface area contributed by atoms with Gasteiger partial charge in [0.25, 0.3) is 0 Å². The number of amides is 1. The largest absolute Gasteiger partial charge is 0.476 e. The van der Waals surface area contributed by atoms with Crippen LogP contribution in [0.5, 0.6) is 0 Å². The Kier molecular flexibility index (Phi) is 3.78. The number of aromatic carboxylic acids is 1. The van der Waals surface area contributed by atoms with Gasteiger partial charge in [0.05, 0.1) is 12.4 Å². The van der Waals surface area contributed by atoms with E-state index in [9.17, 15) is 9.59 Å². The van der Waals surface area contributed by atoms with Gasteiger partial charge < -0.3 is 10.0 Å². The van der Waals surface area contributed by atoms with E-state index in [0.29, 0.717) is 6.54 Å². The number of hydrogen-bond donors (Lipinski definition) is 1. The van der Waals surface area contributed by atoms with Crippen LogP contribution in [0.4, 0.5) is 0 Å². The second-order valence-electron chi connectivity index (χ2n) is 4.38. The molecule has 2 heterocycles. The van der Waals surface area contributed by atoms with Crippen LogP contribution in [0.2, 0.25) is 0 Å². The molecule has 0 saturated carbocycles. The van der Waals surface area contributed by atoms with E-state index in [4.69, 9.17) is 5.11 Å². The maximum Gasteiger partial charge on any atom is 0.358 e. The average molecular weight is 278 g/mol. The maximum absolute atomic E-state index is 12.0. The van der Waals surface area contributed by atoms with E-state index >= 15 is 0 Å². The standard InChI is InChI=1S/C11H14N6O3/c1-15(4-8-3-12-16(2)5-8)10(18)7-17-6-9(11(19)20)13-14-17/h3,5-6H,4,7H2,1-2H3,(H,19,20). The molecule has 0 aromatic carbocycles. The highest BCUT2D eigenvalue weighted by Crippen LogP contribution is 2.02. The van der Waals surface area contributed by atoms with E-state index in [1.54, 1.807) is 25.0 Å². The number of carbonyl (C=O) groups is 2. The molecule has 2 rings (SSSR count). The first-order valence-corrected chi connectivity index (χ1v) is 5.80. The number of carbonyl (C=O) groups excluding carboxylic acids is 1. The van der Waals surface area contributed by atoms with Crippen LogP contribution in [0.3, 0.4) is 0 Å². The highest BCUT2D eigenvalue weighted by Gasteiger charge is 2.14. The summed E-state index contributed by atoms with van der Waals surface area (Å²) in [4.78, 5) is 24.1. The number of rotatable bonds is 5. The summed E-state index contributed by atoms with van der Waals surface area (Å²) in [5.74, 6) is -1.37. The van der Waals surface area contributed by atoms with Crippen LogP contribution >= 0.6 is 0 Å². The Balaban J connectivity index is 1.94. The van der Waals surface area contributed by atoms with Crippen LogP contribution in [0.1, 0.15) is 16.1 Å². The molecule has 2 aromatic rings. The monoisotopic (exact) mass is 278 g/mol. The molecule has 20 heavy (non-hydrogen) atoms. The lowest BCUT2D eigenvalue weighted by atomic mass is 10.3. The topological polar surface area (TPSA) is 106 Å². The summed E-state index contributed by atoms with van der Waals surface area (Å²) in [6, 6.07) is 0. The van der Waals surface area contributed by atoms with E-state index in [0.717, 1.165) is 5.56 Å². The highest BCUT2D eigenvalue weighted by atomic mass is 16.4. The Morgan fingerprint density at radius 3 is 2.70 bits per heavy atom. The molecule has 0 aliphatic heterocycles. The first kappa shape index (κ1) is 13.7. The van der Waals surface area contributed by atoms with E-state index in [2.05, 4.69) is 15.4 Å². The average Bonchev–Trinajstić information content (AvgIpc) is 2.98. The van der Waals surface area contributed by atoms with Crippen molar-refractivity contribution < 1.29 is 14.7 Å². The number of aryl methyl sites for hydroxylation is 1. The molecule has 0 saturated heterocycles. The molecule has 1 N–H and O–H groups in total. The van der Waals surface area contributed by atoms with Crippen molar-refractivity contribution in [2.75, 3.05) is 7.05 Å². The summed E-state index contributed by atoms with van der Waals surface area (Å²) in [7, 11) is 3.46. The smallest absolute Gasteiger partial charge is 0.358 e. The third-order valence-electron chi connectivity index (χ3n) is 2.66. The summed E-state index contributed by atoms with van der Waals surface area (Å²) in [5, 5.41) is 19.8. The first-order chi connectivity index (χ1) is 9.45. The predicted molar refractivity (Wildman–Crippen MR) is 66.7 cm³/mol. The zero-order chi connectivity index (χ0) is 14.7. The Labute approximate surface area is 114 Å². The van der Waals surface area contributed by atoms with Gasteiger partial charge in [-0.15, -0.1) is 5.10 Å². The molecule has 9 nitrogen and oxygen atoms in total. The number of nitrogens with zero attached hydrogens (tertiary/aromatic N) is 6. The van der Waals surface area contributed by atoms with E-state index in [1.807, 2.05) is 6.20 Å². The number of carboxylic acids is 1. The normalized spacial score (nSPS) is 10.5. The number of carboxylic acid groups (broad SMARTS) is 1. The summed E-state index contributed by atoms with van der Waals surface area (Å²) < 4.78 is 2.86. The third kappa shape index (κ3) is 3.19. The zero-order valence-electron chi connectivity index (χ0n) is 11.1. The fourth-order valence-corrected chi connectivity index (χ4v) is 1.65. The van der Waals surface area contributed by atoms with E-state index in [-0.39, 0.29) is 18.1 Å². The molecule has 0 atom stereocenters. The van der Waals surface area contributed by atoms with Crippen LogP contribution in [0.25, 0.3) is 0 Å². The first-order valence-electron chi connectivity index (χ1n) is 5.80. The Morgan fingerprint density at radius 2 is 2.15 bits per heavy atom. The third-order valence-corrected chi connectivity index (χ3v) is 2.66. The van der Waals surface area contributed by atoms with Crippen LogP contribution in [0.15, 0.2) is 18.6 Å². The molecule has 0 fully saturated rings. The van der Waals surface area contributed by atoms with Gasteiger partial charge in [-0.1, -0.05) is 5.21 Å². The Bertz CT molecular complexity index is 632. The number of likely N-dealkylation sites (N-methyl/N-ethyl adjacent to an activating group) is 1. The Hall–Kier alpha value is -2.71. The van der Waals surface area contributed by atoms with Crippen molar-refractivity contribution in [3.8, 4) is 0 Å². The molecule has 9 heteroatoms. The van der Waals surface area contributed by atoms with Crippen molar-refractivity contribution in [2.45, 2.75) is 13.1 Å². The van der Waals surface area contributed by atoms with Crippen LogP contribution in [-0.4, -0.2) is 53.7 Å². The van der Waals surface area contributed by atoms with Gasteiger partial charge in [0, 0.05) is 32.4 Å². The second-order valence-corrected chi connectivity index (χ2v) is 4.38. The molecule has 0 radical (unpaired) electrons. The minimum absolute atomic E-state index is 0.0585. The molecule has 0 spiro atoms. The lowest BCUT2D eigenvalue weighted by Crippen LogP contribution is -2.29. The minimum atomic E-state index is -1.17. The van der Waals surface area contributed by atoms with Gasteiger partial charge in [-0.25, -0.2) is 9.48 Å².